The molecule has 8 heteroatoms. The highest BCUT2D eigenvalue weighted by atomic mass is 16.5. The summed E-state index contributed by atoms with van der Waals surface area (Å²) in [7, 11) is 5.57. The molecule has 8 nitrogen and oxygen atoms in total. The quantitative estimate of drug-likeness (QED) is 0.551. The van der Waals surface area contributed by atoms with Gasteiger partial charge in [-0.15, -0.1) is 0 Å². The molecule has 0 N–H and O–H groups in total. The number of rotatable bonds is 7. The Balaban J connectivity index is 1.47. The number of carbonyl (C=O) groups is 1. The maximum absolute atomic E-state index is 12.8. The Hall–Kier alpha value is -3.42. The van der Waals surface area contributed by atoms with Crippen LogP contribution < -0.4 is 9.64 Å². The number of hydrogen-bond acceptors (Lipinski definition) is 6. The van der Waals surface area contributed by atoms with Crippen LogP contribution >= 0.6 is 0 Å². The van der Waals surface area contributed by atoms with Gasteiger partial charge in [0.05, 0.1) is 12.8 Å². The average Bonchev–Trinajstić information content (AvgIpc) is 3.26. The molecule has 0 atom stereocenters. The first-order valence-corrected chi connectivity index (χ1v) is 11.4. The molecule has 1 aliphatic rings. The number of amides is 1. The second kappa shape index (κ2) is 10.0. The van der Waals surface area contributed by atoms with E-state index in [1.807, 2.05) is 72.0 Å². The molecule has 2 aromatic heterocycles. The number of likely N-dealkylation sites (tertiary alicyclic amines) is 1. The highest BCUT2D eigenvalue weighted by molar-refractivity contribution is 5.76. The van der Waals surface area contributed by atoms with Crippen LogP contribution in [0, 0.1) is 6.92 Å². The van der Waals surface area contributed by atoms with Crippen molar-refractivity contribution in [3.8, 4) is 16.9 Å². The number of carbonyl (C=O) groups excluding carboxylic acids is 1. The van der Waals surface area contributed by atoms with Crippen molar-refractivity contribution in [3.63, 3.8) is 0 Å². The van der Waals surface area contributed by atoms with Gasteiger partial charge in [-0.25, -0.2) is 9.97 Å². The van der Waals surface area contributed by atoms with Crippen molar-refractivity contribution in [2.75, 3.05) is 39.2 Å². The highest BCUT2D eigenvalue weighted by Gasteiger charge is 2.27. The third kappa shape index (κ3) is 5.16. The summed E-state index contributed by atoms with van der Waals surface area (Å²) in [5.74, 6) is 2.00. The van der Waals surface area contributed by atoms with Crippen molar-refractivity contribution < 1.29 is 9.53 Å². The van der Waals surface area contributed by atoms with Crippen LogP contribution in [0.4, 0.5) is 5.95 Å². The normalized spacial score (nSPS) is 14.4. The Morgan fingerprint density at radius 2 is 1.88 bits per heavy atom. The van der Waals surface area contributed by atoms with Gasteiger partial charge in [-0.2, -0.15) is 5.10 Å². The average molecular weight is 449 g/mol. The van der Waals surface area contributed by atoms with Gasteiger partial charge in [0.1, 0.15) is 5.75 Å². The molecule has 1 saturated heterocycles. The molecular weight excluding hydrogens is 416 g/mol. The lowest BCUT2D eigenvalue weighted by atomic mass is 9.88. The number of methoxy groups -OCH3 is 1. The molecule has 3 heterocycles. The minimum Gasteiger partial charge on any atom is -0.497 e. The summed E-state index contributed by atoms with van der Waals surface area (Å²) < 4.78 is 7.19. The predicted octanol–water partition coefficient (Wildman–Crippen LogP) is 3.52. The van der Waals surface area contributed by atoms with Crippen molar-refractivity contribution in [1.82, 2.24) is 24.6 Å². The molecule has 0 saturated carbocycles. The van der Waals surface area contributed by atoms with Crippen LogP contribution in [0.5, 0.6) is 5.75 Å². The van der Waals surface area contributed by atoms with Crippen LogP contribution in [-0.4, -0.2) is 64.9 Å². The molecule has 0 spiro atoms. The number of ether oxygens (including phenoxy) is 1. The molecule has 174 valence electrons. The van der Waals surface area contributed by atoms with Gasteiger partial charge in [0, 0.05) is 69.7 Å². The number of anilines is 1. The zero-order chi connectivity index (χ0) is 23.4. The summed E-state index contributed by atoms with van der Waals surface area (Å²) in [4.78, 5) is 26.2. The zero-order valence-corrected chi connectivity index (χ0v) is 19.9. The SMILES string of the molecule is COc1ccc(-c2cnc(N(C)C)nc2C2CCN(C(=O)CCn3nccc3C)CC2)cc1. The lowest BCUT2D eigenvalue weighted by Gasteiger charge is -2.33. The number of hydrogen-bond donors (Lipinski definition) is 0. The number of aromatic nitrogens is 4. The van der Waals surface area contributed by atoms with E-state index >= 15 is 0 Å². The van der Waals surface area contributed by atoms with E-state index in [-0.39, 0.29) is 11.8 Å². The van der Waals surface area contributed by atoms with Crippen LogP contribution in [0.1, 0.15) is 36.6 Å². The predicted molar refractivity (Wildman–Crippen MR) is 128 cm³/mol. The van der Waals surface area contributed by atoms with E-state index in [1.165, 1.54) is 0 Å². The molecule has 3 aromatic rings. The Labute approximate surface area is 195 Å². The molecule has 0 radical (unpaired) electrons. The first kappa shape index (κ1) is 22.8. The van der Waals surface area contributed by atoms with Crippen molar-refractivity contribution in [3.05, 3.63) is 54.1 Å². The molecule has 1 aromatic carbocycles. The second-order valence-corrected chi connectivity index (χ2v) is 8.69. The van der Waals surface area contributed by atoms with Crippen LogP contribution in [0.2, 0.25) is 0 Å². The van der Waals surface area contributed by atoms with Crippen LogP contribution in [-0.2, 0) is 11.3 Å². The number of piperidine rings is 1. The van der Waals surface area contributed by atoms with Gasteiger partial charge in [-0.05, 0) is 43.5 Å². The second-order valence-electron chi connectivity index (χ2n) is 8.69. The molecule has 1 aliphatic heterocycles. The topological polar surface area (TPSA) is 76.4 Å². The van der Waals surface area contributed by atoms with E-state index in [9.17, 15) is 4.79 Å². The standard InChI is InChI=1S/C25H32N6O2/c1-18-9-13-27-31(18)16-12-23(32)30-14-10-20(11-15-30)24-22(17-26-25(28-24)29(2)3)19-5-7-21(33-4)8-6-19/h5-9,13,17,20H,10-12,14-16H2,1-4H3. The van der Waals surface area contributed by atoms with Crippen molar-refractivity contribution in [2.24, 2.45) is 0 Å². The fourth-order valence-electron chi connectivity index (χ4n) is 4.30. The number of aryl methyl sites for hydroxylation is 2. The van der Waals surface area contributed by atoms with Crippen LogP contribution in [0.25, 0.3) is 11.1 Å². The van der Waals surface area contributed by atoms with Gasteiger partial charge >= 0.3 is 0 Å². The van der Waals surface area contributed by atoms with Crippen molar-refractivity contribution in [2.45, 2.75) is 38.6 Å². The third-order valence-corrected chi connectivity index (χ3v) is 6.31. The Morgan fingerprint density at radius 3 is 2.48 bits per heavy atom. The van der Waals surface area contributed by atoms with E-state index in [0.717, 1.165) is 54.2 Å². The van der Waals surface area contributed by atoms with Gasteiger partial charge in [-0.3, -0.25) is 9.48 Å². The lowest BCUT2D eigenvalue weighted by Crippen LogP contribution is -2.38. The smallest absolute Gasteiger partial charge is 0.225 e. The first-order valence-electron chi connectivity index (χ1n) is 11.4. The maximum Gasteiger partial charge on any atom is 0.225 e. The monoisotopic (exact) mass is 448 g/mol. The fraction of sp³-hybridized carbons (Fsp3) is 0.440. The Kier molecular flexibility index (Phi) is 6.91. The molecule has 4 rings (SSSR count). The van der Waals surface area contributed by atoms with E-state index < -0.39 is 0 Å². The third-order valence-electron chi connectivity index (χ3n) is 6.31. The molecule has 0 bridgehead atoms. The van der Waals surface area contributed by atoms with E-state index in [4.69, 9.17) is 9.72 Å². The molecule has 33 heavy (non-hydrogen) atoms. The fourth-order valence-corrected chi connectivity index (χ4v) is 4.30. The Morgan fingerprint density at radius 1 is 1.15 bits per heavy atom. The molecule has 1 fully saturated rings. The van der Waals surface area contributed by atoms with Crippen LogP contribution in [0.3, 0.4) is 0 Å². The summed E-state index contributed by atoms with van der Waals surface area (Å²) in [5, 5.41) is 4.28. The maximum atomic E-state index is 12.8. The molecular formula is C25H32N6O2. The lowest BCUT2D eigenvalue weighted by molar-refractivity contribution is -0.132. The summed E-state index contributed by atoms with van der Waals surface area (Å²) in [6, 6.07) is 9.97. The van der Waals surface area contributed by atoms with E-state index in [0.29, 0.717) is 18.9 Å². The Bertz CT molecular complexity index is 1080. The highest BCUT2D eigenvalue weighted by Crippen LogP contribution is 2.35. The summed E-state index contributed by atoms with van der Waals surface area (Å²) in [6.07, 6.45) is 5.94. The molecule has 0 aliphatic carbocycles. The first-order chi connectivity index (χ1) is 16.0. The minimum absolute atomic E-state index is 0.190. The van der Waals surface area contributed by atoms with Gasteiger partial charge in [0.15, 0.2) is 0 Å². The van der Waals surface area contributed by atoms with Gasteiger partial charge in [0.2, 0.25) is 11.9 Å². The van der Waals surface area contributed by atoms with Crippen molar-refractivity contribution >= 4 is 11.9 Å². The van der Waals surface area contributed by atoms with Gasteiger partial charge < -0.3 is 14.5 Å². The summed E-state index contributed by atoms with van der Waals surface area (Å²) >= 11 is 0. The zero-order valence-electron chi connectivity index (χ0n) is 19.9. The van der Waals surface area contributed by atoms with Gasteiger partial charge in [0.25, 0.3) is 0 Å². The summed E-state index contributed by atoms with van der Waals surface area (Å²) in [5.41, 5.74) is 4.25. The number of nitrogens with zero attached hydrogens (tertiary/aromatic N) is 6. The number of benzene rings is 1. The minimum atomic E-state index is 0.190. The molecule has 0 unspecified atom stereocenters. The van der Waals surface area contributed by atoms with E-state index in [1.54, 1.807) is 13.3 Å². The van der Waals surface area contributed by atoms with E-state index in [2.05, 4.69) is 10.1 Å². The van der Waals surface area contributed by atoms with Crippen molar-refractivity contribution in [1.29, 1.82) is 0 Å². The van der Waals surface area contributed by atoms with Gasteiger partial charge in [-0.1, -0.05) is 12.1 Å². The summed E-state index contributed by atoms with van der Waals surface area (Å²) in [6.45, 7) is 4.11. The molecule has 1 amide bonds. The van der Waals surface area contributed by atoms with Crippen LogP contribution in [0.15, 0.2) is 42.7 Å². The largest absolute Gasteiger partial charge is 0.497 e.